The molecule has 2 aromatic rings. The van der Waals surface area contributed by atoms with Crippen molar-refractivity contribution in [3.8, 4) is 5.75 Å². The van der Waals surface area contributed by atoms with Crippen molar-refractivity contribution in [1.82, 2.24) is 25.8 Å². The van der Waals surface area contributed by atoms with Crippen LogP contribution >= 0.6 is 0 Å². The van der Waals surface area contributed by atoms with Gasteiger partial charge in [0.2, 0.25) is 17.6 Å². The number of benzene rings is 1. The summed E-state index contributed by atoms with van der Waals surface area (Å²) in [5.74, 6) is -2.45. The molecule has 1 aromatic heterocycles. The van der Waals surface area contributed by atoms with Gasteiger partial charge in [-0.05, 0) is 56.7 Å². The maximum absolute atomic E-state index is 14.0. The lowest BCUT2D eigenvalue weighted by atomic mass is 9.61. The summed E-state index contributed by atoms with van der Waals surface area (Å²) in [6.07, 6.45) is 4.67. The van der Waals surface area contributed by atoms with Crippen LogP contribution in [-0.4, -0.2) is 77.1 Å². The normalized spacial score (nSPS) is 27.5. The molecular weight excluding hydrogens is 514 g/mol. The van der Waals surface area contributed by atoms with E-state index < -0.39 is 40.5 Å². The highest BCUT2D eigenvalue weighted by Gasteiger charge is 2.69. The molecule has 3 aliphatic heterocycles. The minimum Gasteiger partial charge on any atom is -0.496 e. The Hall–Kier alpha value is -4.15. The van der Waals surface area contributed by atoms with Crippen LogP contribution in [0.1, 0.15) is 49.0 Å². The van der Waals surface area contributed by atoms with Crippen LogP contribution < -0.4 is 20.7 Å². The van der Waals surface area contributed by atoms with Crippen molar-refractivity contribution in [2.24, 2.45) is 11.3 Å². The number of rotatable bonds is 10. The zero-order chi connectivity index (χ0) is 28.2. The number of hydrogen-bond donors (Lipinski definition) is 4. The molecule has 4 N–H and O–H groups in total. The molecule has 0 spiro atoms. The smallest absolute Gasteiger partial charge is 0.289 e. The number of nitrogens with one attached hydrogen (secondary N) is 4. The van der Waals surface area contributed by atoms with E-state index >= 15 is 0 Å². The second-order valence-corrected chi connectivity index (χ2v) is 11.6. The van der Waals surface area contributed by atoms with Gasteiger partial charge in [0.05, 0.1) is 13.2 Å². The molecule has 2 saturated carbocycles. The monoisotopic (exact) mass is 547 g/mol. The number of Topliss-reactive ketones (excluding diaryl/α,β-unsaturated/α-hetero) is 1. The maximum Gasteiger partial charge on any atom is 0.289 e. The van der Waals surface area contributed by atoms with Gasteiger partial charge in [-0.2, -0.15) is 0 Å². The van der Waals surface area contributed by atoms with Gasteiger partial charge in [0.15, 0.2) is 0 Å². The van der Waals surface area contributed by atoms with Crippen LogP contribution in [0.15, 0.2) is 36.9 Å². The van der Waals surface area contributed by atoms with Gasteiger partial charge < -0.3 is 30.6 Å². The largest absolute Gasteiger partial charge is 0.496 e. The molecule has 11 nitrogen and oxygen atoms in total. The number of fused-ring (bicyclic) bond motifs is 2. The lowest BCUT2D eigenvalue weighted by Gasteiger charge is -2.45. The number of aromatic amines is 1. The van der Waals surface area contributed by atoms with Crippen LogP contribution in [0.25, 0.3) is 10.9 Å². The Morgan fingerprint density at radius 3 is 2.65 bits per heavy atom. The number of aromatic nitrogens is 1. The number of H-pyrrole nitrogens is 1. The Morgan fingerprint density at radius 2 is 2.00 bits per heavy atom. The molecule has 210 valence electrons. The summed E-state index contributed by atoms with van der Waals surface area (Å²) in [4.78, 5) is 70.7. The molecule has 2 bridgehead atoms. The average Bonchev–Trinajstić information content (AvgIpc) is 3.27. The third-order valence-corrected chi connectivity index (χ3v) is 8.90. The molecule has 5 aliphatic rings. The van der Waals surface area contributed by atoms with Gasteiger partial charge in [-0.1, -0.05) is 12.1 Å². The van der Waals surface area contributed by atoms with E-state index in [9.17, 15) is 24.0 Å². The molecule has 2 atom stereocenters. The number of ketones is 1. The quantitative estimate of drug-likeness (QED) is 0.259. The first-order valence-electron chi connectivity index (χ1n) is 13.7. The molecule has 1 aromatic carbocycles. The first-order valence-corrected chi connectivity index (χ1v) is 13.7. The van der Waals surface area contributed by atoms with E-state index in [1.807, 2.05) is 12.1 Å². The third-order valence-electron chi connectivity index (χ3n) is 8.90. The summed E-state index contributed by atoms with van der Waals surface area (Å²) in [5.41, 5.74) is -0.563. The lowest BCUT2D eigenvalue weighted by molar-refractivity contribution is -0.143. The standard InChI is InChI=1S/C29H33N5O6/c1-3-28-13-29(14-28,34(15-28)26(38)21-12-18-19(32-21)5-4-6-22(18)40-2)27(39)33-20(11-16-9-10-30-24(16)36)23(35)25(37)31-17-7-8-17/h3-6,12,16-17,20,32H,1,7-11,13-15H2,2H3,(H,30,36)(H,31,37)(H,33,39). The molecule has 11 heteroatoms. The number of nitrogens with zero attached hydrogens (tertiary/aromatic N) is 1. The summed E-state index contributed by atoms with van der Waals surface area (Å²) in [5, 5.41) is 8.97. The molecule has 2 aliphatic carbocycles. The molecule has 5 fully saturated rings. The third kappa shape index (κ3) is 4.24. The maximum atomic E-state index is 14.0. The van der Waals surface area contributed by atoms with Crippen molar-refractivity contribution in [3.05, 3.63) is 42.6 Å². The second-order valence-electron chi connectivity index (χ2n) is 11.6. The van der Waals surface area contributed by atoms with Crippen LogP contribution in [0.5, 0.6) is 5.75 Å². The predicted octanol–water partition coefficient (Wildman–Crippen LogP) is 1.20. The SMILES string of the molecule is C=CC12CN(C(=O)c3cc4c(OC)cccc4[nH]3)C(C(=O)NC(CC3CCNC3=O)C(=O)C(=O)NC3CC3)(C1)C2. The lowest BCUT2D eigenvalue weighted by Crippen LogP contribution is -2.63. The molecule has 0 radical (unpaired) electrons. The van der Waals surface area contributed by atoms with Crippen LogP contribution in [0.4, 0.5) is 0 Å². The first-order chi connectivity index (χ1) is 19.2. The van der Waals surface area contributed by atoms with E-state index in [-0.39, 0.29) is 24.3 Å². The number of methoxy groups -OCH3 is 1. The Morgan fingerprint density at radius 1 is 1.23 bits per heavy atom. The summed E-state index contributed by atoms with van der Waals surface area (Å²) in [6.45, 7) is 4.73. The molecule has 3 saturated heterocycles. The highest BCUT2D eigenvalue weighted by atomic mass is 16.5. The van der Waals surface area contributed by atoms with E-state index in [4.69, 9.17) is 4.74 Å². The fourth-order valence-corrected chi connectivity index (χ4v) is 6.53. The van der Waals surface area contributed by atoms with E-state index in [0.717, 1.165) is 23.7 Å². The summed E-state index contributed by atoms with van der Waals surface area (Å²) < 4.78 is 5.43. The van der Waals surface area contributed by atoms with Gasteiger partial charge in [-0.15, -0.1) is 6.58 Å². The van der Waals surface area contributed by atoms with Crippen LogP contribution in [0.3, 0.4) is 0 Å². The summed E-state index contributed by atoms with van der Waals surface area (Å²) in [7, 11) is 1.56. The summed E-state index contributed by atoms with van der Waals surface area (Å²) in [6, 6.07) is 5.98. The Labute approximate surface area is 231 Å². The first kappa shape index (κ1) is 26.1. The van der Waals surface area contributed by atoms with Gasteiger partial charge in [0.1, 0.15) is 17.0 Å². The number of hydrogen-bond acceptors (Lipinski definition) is 6. The average molecular weight is 548 g/mol. The van der Waals surface area contributed by atoms with Gasteiger partial charge in [-0.25, -0.2) is 0 Å². The van der Waals surface area contributed by atoms with E-state index in [0.29, 0.717) is 43.8 Å². The molecular formula is C29H33N5O6. The Bertz CT molecular complexity index is 1440. The van der Waals surface area contributed by atoms with Crippen LogP contribution in [0, 0.1) is 11.3 Å². The zero-order valence-electron chi connectivity index (χ0n) is 22.4. The van der Waals surface area contributed by atoms with E-state index in [1.165, 1.54) is 0 Å². The molecule has 4 amide bonds. The van der Waals surface area contributed by atoms with Crippen molar-refractivity contribution in [2.75, 3.05) is 20.2 Å². The zero-order valence-corrected chi connectivity index (χ0v) is 22.4. The number of carbonyl (C=O) groups excluding carboxylic acids is 5. The number of amides is 4. The highest BCUT2D eigenvalue weighted by molar-refractivity contribution is 6.38. The highest BCUT2D eigenvalue weighted by Crippen LogP contribution is 2.60. The molecule has 4 heterocycles. The van der Waals surface area contributed by atoms with Crippen LogP contribution in [0.2, 0.25) is 0 Å². The van der Waals surface area contributed by atoms with E-state index in [2.05, 4.69) is 27.5 Å². The Balaban J connectivity index is 1.26. The Kier molecular flexibility index (Phi) is 6.19. The van der Waals surface area contributed by atoms with Crippen molar-refractivity contribution in [3.63, 3.8) is 0 Å². The van der Waals surface area contributed by atoms with Gasteiger partial charge >= 0.3 is 0 Å². The fourth-order valence-electron chi connectivity index (χ4n) is 6.53. The minimum atomic E-state index is -1.20. The van der Waals surface area contributed by atoms with Crippen molar-refractivity contribution in [1.29, 1.82) is 0 Å². The summed E-state index contributed by atoms with van der Waals surface area (Å²) >= 11 is 0. The molecule has 2 unspecified atom stereocenters. The van der Waals surface area contributed by atoms with Gasteiger partial charge in [-0.3, -0.25) is 24.0 Å². The van der Waals surface area contributed by atoms with Crippen LogP contribution in [-0.2, 0) is 19.2 Å². The molecule has 40 heavy (non-hydrogen) atoms. The van der Waals surface area contributed by atoms with Gasteiger partial charge in [0.25, 0.3) is 11.8 Å². The fraction of sp³-hybridized carbons (Fsp3) is 0.483. The van der Waals surface area contributed by atoms with E-state index in [1.54, 1.807) is 30.2 Å². The number of carbonyl (C=O) groups is 5. The molecule has 7 rings (SSSR count). The van der Waals surface area contributed by atoms with Crippen molar-refractivity contribution >= 4 is 40.3 Å². The topological polar surface area (TPSA) is 150 Å². The second kappa shape index (κ2) is 9.50. The minimum absolute atomic E-state index is 0.0208. The van der Waals surface area contributed by atoms with Crippen molar-refractivity contribution in [2.45, 2.75) is 56.1 Å². The number of ether oxygens (including phenoxy) is 1. The van der Waals surface area contributed by atoms with Crippen molar-refractivity contribution < 1.29 is 28.7 Å². The van der Waals surface area contributed by atoms with Gasteiger partial charge in [0, 0.05) is 41.4 Å². The predicted molar refractivity (Wildman–Crippen MR) is 144 cm³/mol.